The molecule has 6 nitrogen and oxygen atoms in total. The van der Waals surface area contributed by atoms with Crippen LogP contribution >= 0.6 is 11.3 Å². The SMILES string of the molecule is CN1CCOc2ccc(/C(O)=C3/C(=O)C(=O)N(c4ccccc4)C3c3cccs3)cc21. The second-order valence-corrected chi connectivity index (χ2v) is 8.45. The Kier molecular flexibility index (Phi) is 4.75. The van der Waals surface area contributed by atoms with Gasteiger partial charge < -0.3 is 14.7 Å². The Morgan fingerprint density at radius 3 is 2.65 bits per heavy atom. The van der Waals surface area contributed by atoms with Crippen LogP contribution in [0.3, 0.4) is 0 Å². The molecule has 0 spiro atoms. The van der Waals surface area contributed by atoms with Crippen LogP contribution in [0.5, 0.6) is 5.75 Å². The molecule has 1 atom stereocenters. The Labute approximate surface area is 183 Å². The molecule has 1 fully saturated rings. The van der Waals surface area contributed by atoms with Crippen molar-refractivity contribution in [3.63, 3.8) is 0 Å². The lowest BCUT2D eigenvalue weighted by Crippen LogP contribution is -2.29. The number of anilines is 2. The van der Waals surface area contributed by atoms with Gasteiger partial charge in [0.1, 0.15) is 24.2 Å². The number of nitrogens with zero attached hydrogens (tertiary/aromatic N) is 2. The van der Waals surface area contributed by atoms with Gasteiger partial charge in [-0.25, -0.2) is 0 Å². The van der Waals surface area contributed by atoms with E-state index in [1.807, 2.05) is 47.7 Å². The molecule has 0 bridgehead atoms. The zero-order valence-electron chi connectivity index (χ0n) is 16.8. The van der Waals surface area contributed by atoms with Crippen LogP contribution in [0.15, 0.2) is 71.6 Å². The van der Waals surface area contributed by atoms with E-state index in [2.05, 4.69) is 0 Å². The Balaban J connectivity index is 1.68. The molecule has 31 heavy (non-hydrogen) atoms. The number of likely N-dealkylation sites (N-methyl/N-ethyl adjacent to an activating group) is 1. The molecule has 5 rings (SSSR count). The van der Waals surface area contributed by atoms with Crippen LogP contribution in [0.1, 0.15) is 16.5 Å². The molecule has 2 aliphatic rings. The third kappa shape index (κ3) is 3.18. The molecule has 3 heterocycles. The van der Waals surface area contributed by atoms with Crippen molar-refractivity contribution in [3.8, 4) is 5.75 Å². The number of fused-ring (bicyclic) bond motifs is 1. The summed E-state index contributed by atoms with van der Waals surface area (Å²) >= 11 is 1.44. The number of rotatable bonds is 3. The van der Waals surface area contributed by atoms with Crippen LogP contribution in [0.25, 0.3) is 5.76 Å². The summed E-state index contributed by atoms with van der Waals surface area (Å²) in [5.74, 6) is -0.798. The summed E-state index contributed by atoms with van der Waals surface area (Å²) in [6, 6.07) is 17.4. The number of aliphatic hydroxyl groups is 1. The van der Waals surface area contributed by atoms with Crippen LogP contribution in [-0.4, -0.2) is 37.0 Å². The van der Waals surface area contributed by atoms with Gasteiger partial charge in [-0.05, 0) is 41.8 Å². The van der Waals surface area contributed by atoms with Gasteiger partial charge in [-0.3, -0.25) is 14.5 Å². The quantitative estimate of drug-likeness (QED) is 0.382. The Morgan fingerprint density at radius 2 is 1.90 bits per heavy atom. The number of hydrogen-bond acceptors (Lipinski definition) is 6. The molecule has 0 saturated carbocycles. The highest BCUT2D eigenvalue weighted by atomic mass is 32.1. The summed E-state index contributed by atoms with van der Waals surface area (Å²) in [5, 5.41) is 13.1. The van der Waals surface area contributed by atoms with Gasteiger partial charge in [0.2, 0.25) is 0 Å². The van der Waals surface area contributed by atoms with E-state index in [-0.39, 0.29) is 11.3 Å². The number of para-hydroxylation sites is 1. The number of ether oxygens (including phenoxy) is 1. The molecular formula is C24H20N2O4S. The minimum atomic E-state index is -0.693. The fourth-order valence-corrected chi connectivity index (χ4v) is 4.88. The zero-order chi connectivity index (χ0) is 21.5. The van der Waals surface area contributed by atoms with E-state index in [1.165, 1.54) is 16.2 Å². The predicted molar refractivity (Wildman–Crippen MR) is 121 cm³/mol. The third-order valence-corrected chi connectivity index (χ3v) is 6.54. The highest BCUT2D eigenvalue weighted by Gasteiger charge is 2.47. The summed E-state index contributed by atoms with van der Waals surface area (Å²) in [6.45, 7) is 1.32. The first-order valence-corrected chi connectivity index (χ1v) is 10.8. The molecule has 0 aliphatic carbocycles. The lowest BCUT2D eigenvalue weighted by molar-refractivity contribution is -0.132. The van der Waals surface area contributed by atoms with Crippen molar-refractivity contribution in [2.45, 2.75) is 6.04 Å². The van der Waals surface area contributed by atoms with Crippen molar-refractivity contribution in [1.29, 1.82) is 0 Å². The van der Waals surface area contributed by atoms with Crippen molar-refractivity contribution in [2.75, 3.05) is 30.0 Å². The highest BCUT2D eigenvalue weighted by Crippen LogP contribution is 2.44. The number of hydrogen-bond donors (Lipinski definition) is 1. The first kappa shape index (κ1) is 19.4. The number of amides is 1. The average Bonchev–Trinajstić information content (AvgIpc) is 3.41. The molecule has 156 valence electrons. The number of Topliss-reactive ketones (excluding diaryl/α,β-unsaturated/α-hetero) is 1. The van der Waals surface area contributed by atoms with Crippen LogP contribution in [0.4, 0.5) is 11.4 Å². The van der Waals surface area contributed by atoms with Crippen molar-refractivity contribution in [2.24, 2.45) is 0 Å². The number of aliphatic hydroxyl groups excluding tert-OH is 1. The molecular weight excluding hydrogens is 412 g/mol. The fraction of sp³-hybridized carbons (Fsp3) is 0.167. The van der Waals surface area contributed by atoms with Gasteiger partial charge >= 0.3 is 0 Å². The van der Waals surface area contributed by atoms with Crippen molar-refractivity contribution in [3.05, 3.63) is 82.1 Å². The average molecular weight is 433 g/mol. The molecule has 2 aliphatic heterocycles. The second-order valence-electron chi connectivity index (χ2n) is 7.47. The van der Waals surface area contributed by atoms with Gasteiger partial charge in [0, 0.05) is 23.2 Å². The largest absolute Gasteiger partial charge is 0.507 e. The van der Waals surface area contributed by atoms with E-state index < -0.39 is 17.7 Å². The van der Waals surface area contributed by atoms with Gasteiger partial charge in [-0.1, -0.05) is 24.3 Å². The zero-order valence-corrected chi connectivity index (χ0v) is 17.6. The normalized spacial score (nSPS) is 20.0. The Morgan fingerprint density at radius 1 is 1.10 bits per heavy atom. The van der Waals surface area contributed by atoms with E-state index in [0.29, 0.717) is 17.9 Å². The minimum absolute atomic E-state index is 0.0932. The Bertz CT molecular complexity index is 1190. The van der Waals surface area contributed by atoms with E-state index in [4.69, 9.17) is 4.74 Å². The first-order valence-electron chi connectivity index (χ1n) is 9.94. The van der Waals surface area contributed by atoms with Crippen molar-refractivity contribution in [1.82, 2.24) is 0 Å². The lowest BCUT2D eigenvalue weighted by Gasteiger charge is -2.28. The van der Waals surface area contributed by atoms with Gasteiger partial charge in [-0.15, -0.1) is 11.3 Å². The van der Waals surface area contributed by atoms with Crippen LogP contribution in [0.2, 0.25) is 0 Å². The Hall–Kier alpha value is -3.58. The third-order valence-electron chi connectivity index (χ3n) is 5.62. The molecule has 1 unspecified atom stereocenters. The van der Waals surface area contributed by atoms with Gasteiger partial charge in [0.25, 0.3) is 11.7 Å². The molecule has 0 radical (unpaired) electrons. The topological polar surface area (TPSA) is 70.1 Å². The minimum Gasteiger partial charge on any atom is -0.507 e. The number of ketones is 1. The first-order chi connectivity index (χ1) is 15.1. The molecule has 1 N–H and O–H groups in total. The summed E-state index contributed by atoms with van der Waals surface area (Å²) in [4.78, 5) is 30.5. The molecule has 3 aromatic rings. The smallest absolute Gasteiger partial charge is 0.300 e. The second kappa shape index (κ2) is 7.59. The monoisotopic (exact) mass is 432 g/mol. The number of thiophene rings is 1. The summed E-state index contributed by atoms with van der Waals surface area (Å²) in [6.07, 6.45) is 0. The van der Waals surface area contributed by atoms with Gasteiger partial charge in [0.15, 0.2) is 0 Å². The maximum absolute atomic E-state index is 13.1. The van der Waals surface area contributed by atoms with E-state index >= 15 is 0 Å². The van der Waals surface area contributed by atoms with Crippen molar-refractivity contribution >= 4 is 40.2 Å². The molecule has 1 amide bonds. The maximum Gasteiger partial charge on any atom is 0.300 e. The number of benzene rings is 2. The summed E-state index contributed by atoms with van der Waals surface area (Å²) in [7, 11) is 1.95. The van der Waals surface area contributed by atoms with Gasteiger partial charge in [0.05, 0.1) is 17.8 Å². The molecule has 7 heteroatoms. The fourth-order valence-electron chi connectivity index (χ4n) is 4.06. The summed E-state index contributed by atoms with van der Waals surface area (Å²) in [5.41, 5.74) is 2.01. The number of carbonyl (C=O) groups is 2. The lowest BCUT2D eigenvalue weighted by atomic mass is 9.99. The van der Waals surface area contributed by atoms with Crippen LogP contribution in [-0.2, 0) is 9.59 Å². The highest BCUT2D eigenvalue weighted by molar-refractivity contribution is 7.10. The maximum atomic E-state index is 13.1. The van der Waals surface area contributed by atoms with Crippen LogP contribution < -0.4 is 14.5 Å². The summed E-state index contributed by atoms with van der Waals surface area (Å²) < 4.78 is 5.68. The van der Waals surface area contributed by atoms with Crippen LogP contribution in [0, 0.1) is 0 Å². The van der Waals surface area contributed by atoms with E-state index in [0.717, 1.165) is 22.9 Å². The van der Waals surface area contributed by atoms with E-state index in [9.17, 15) is 14.7 Å². The predicted octanol–water partition coefficient (Wildman–Crippen LogP) is 4.20. The standard InChI is InChI=1S/C24H20N2O4S/c1-25-11-12-30-18-10-9-15(14-17(18)25)22(27)20-21(19-8-5-13-31-19)26(24(29)23(20)28)16-6-3-2-4-7-16/h2-10,13-14,21,27H,11-12H2,1H3/b22-20-. The molecule has 1 aromatic heterocycles. The van der Waals surface area contributed by atoms with Gasteiger partial charge in [-0.2, -0.15) is 0 Å². The molecule has 2 aromatic carbocycles. The number of carbonyl (C=O) groups excluding carboxylic acids is 2. The molecule has 1 saturated heterocycles. The van der Waals surface area contributed by atoms with E-state index in [1.54, 1.807) is 30.3 Å². The van der Waals surface area contributed by atoms with Crippen molar-refractivity contribution < 1.29 is 19.4 Å².